The van der Waals surface area contributed by atoms with Gasteiger partial charge in [-0.2, -0.15) is 0 Å². The van der Waals surface area contributed by atoms with Gasteiger partial charge in [0.2, 0.25) is 5.91 Å². The van der Waals surface area contributed by atoms with E-state index in [4.69, 9.17) is 0 Å². The average molecular weight is 276 g/mol. The lowest BCUT2D eigenvalue weighted by Crippen LogP contribution is -2.30. The fourth-order valence-electron chi connectivity index (χ4n) is 1.45. The molecule has 1 amide bonds. The topological polar surface area (TPSA) is 41.1 Å². The minimum atomic E-state index is -0.0480. The van der Waals surface area contributed by atoms with E-state index >= 15 is 0 Å². The summed E-state index contributed by atoms with van der Waals surface area (Å²) in [5.74, 6) is 0.342. The monoisotopic (exact) mass is 276 g/mol. The van der Waals surface area contributed by atoms with Crippen LogP contribution in [0.1, 0.15) is 34.6 Å². The maximum Gasteiger partial charge on any atom is 0.243 e. The molecule has 0 aliphatic rings. The van der Waals surface area contributed by atoms with Crippen LogP contribution in [0.2, 0.25) is 0 Å². The van der Waals surface area contributed by atoms with E-state index in [0.29, 0.717) is 19.0 Å². The second kappa shape index (κ2) is 10.1. The van der Waals surface area contributed by atoms with Crippen LogP contribution in [0.5, 0.6) is 0 Å². The fraction of sp³-hybridized carbons (Fsp3) is 0.471. The first-order valence-electron chi connectivity index (χ1n) is 7.03. The van der Waals surface area contributed by atoms with Gasteiger partial charge in [0.1, 0.15) is 0 Å². The lowest BCUT2D eigenvalue weighted by Gasteiger charge is -2.09. The third kappa shape index (κ3) is 11.3. The Morgan fingerprint density at radius 3 is 2.20 bits per heavy atom. The van der Waals surface area contributed by atoms with Crippen LogP contribution in [0, 0.1) is 5.92 Å². The van der Waals surface area contributed by atoms with Gasteiger partial charge in [-0.3, -0.25) is 4.79 Å². The van der Waals surface area contributed by atoms with Crippen LogP contribution in [0.4, 0.5) is 0 Å². The molecule has 20 heavy (non-hydrogen) atoms. The van der Waals surface area contributed by atoms with E-state index in [-0.39, 0.29) is 5.91 Å². The molecule has 0 fully saturated rings. The van der Waals surface area contributed by atoms with Gasteiger partial charge in [0.05, 0.1) is 0 Å². The number of allylic oxidation sites excluding steroid dienone is 5. The molecule has 0 bridgehead atoms. The van der Waals surface area contributed by atoms with Crippen LogP contribution in [-0.4, -0.2) is 19.0 Å². The molecule has 0 aliphatic carbocycles. The molecule has 0 radical (unpaired) electrons. The summed E-state index contributed by atoms with van der Waals surface area (Å²) in [7, 11) is 0. The third-order valence-corrected chi connectivity index (χ3v) is 2.23. The molecule has 0 saturated carbocycles. The summed E-state index contributed by atoms with van der Waals surface area (Å²) in [6.07, 6.45) is 7.53. The van der Waals surface area contributed by atoms with Crippen molar-refractivity contribution in [2.75, 3.05) is 13.1 Å². The van der Waals surface area contributed by atoms with Crippen molar-refractivity contribution in [3.8, 4) is 0 Å². The molecule has 112 valence electrons. The van der Waals surface area contributed by atoms with E-state index in [0.717, 1.165) is 11.3 Å². The van der Waals surface area contributed by atoms with Crippen molar-refractivity contribution in [2.45, 2.75) is 34.6 Å². The maximum absolute atomic E-state index is 11.5. The van der Waals surface area contributed by atoms with Gasteiger partial charge in [0, 0.05) is 18.8 Å². The highest BCUT2D eigenvalue weighted by atomic mass is 16.1. The highest BCUT2D eigenvalue weighted by Crippen LogP contribution is 2.02. The minimum absolute atomic E-state index is 0.0480. The molecule has 0 aliphatic heterocycles. The summed E-state index contributed by atoms with van der Waals surface area (Å²) in [5, 5.41) is 6.13. The van der Waals surface area contributed by atoms with Gasteiger partial charge in [0.25, 0.3) is 0 Å². The second-order valence-corrected chi connectivity index (χ2v) is 5.49. The molecule has 3 nitrogen and oxygen atoms in total. The van der Waals surface area contributed by atoms with Crippen molar-refractivity contribution in [3.63, 3.8) is 0 Å². The SMILES string of the molecule is C=C(C)/C=C(\C=C(C)C)NCCNC(=O)/C=C/C(C)C. The van der Waals surface area contributed by atoms with Crippen LogP contribution in [-0.2, 0) is 4.79 Å². The average Bonchev–Trinajstić information content (AvgIpc) is 2.30. The van der Waals surface area contributed by atoms with E-state index in [9.17, 15) is 4.79 Å². The van der Waals surface area contributed by atoms with Crippen molar-refractivity contribution >= 4 is 5.91 Å². The Balaban J connectivity index is 4.17. The minimum Gasteiger partial charge on any atom is -0.383 e. The number of carbonyl (C=O) groups excluding carboxylic acids is 1. The standard InChI is InChI=1S/C17H28N2O/c1-13(2)7-8-17(20)19-10-9-18-16(11-14(3)4)12-15(5)6/h7-8,11-13,18H,3,9-10H2,1-2,4-6H3,(H,19,20)/b8-7+,16-11+. The molecule has 3 heteroatoms. The van der Waals surface area contributed by atoms with Crippen LogP contribution < -0.4 is 10.6 Å². The van der Waals surface area contributed by atoms with Gasteiger partial charge < -0.3 is 10.6 Å². The highest BCUT2D eigenvalue weighted by Gasteiger charge is 1.96. The van der Waals surface area contributed by atoms with Gasteiger partial charge >= 0.3 is 0 Å². The quantitative estimate of drug-likeness (QED) is 0.405. The Hall–Kier alpha value is -1.77. The number of nitrogens with one attached hydrogen (secondary N) is 2. The van der Waals surface area contributed by atoms with E-state index in [1.807, 2.05) is 46.8 Å². The molecule has 0 aromatic rings. The smallest absolute Gasteiger partial charge is 0.243 e. The Morgan fingerprint density at radius 1 is 1.10 bits per heavy atom. The van der Waals surface area contributed by atoms with Gasteiger partial charge in [-0.1, -0.05) is 37.6 Å². The number of hydrogen-bond acceptors (Lipinski definition) is 2. The van der Waals surface area contributed by atoms with E-state index in [1.165, 1.54) is 5.57 Å². The first kappa shape index (κ1) is 18.2. The number of hydrogen-bond donors (Lipinski definition) is 2. The molecule has 0 heterocycles. The first-order chi connectivity index (χ1) is 9.31. The molecule has 0 rings (SSSR count). The summed E-state index contributed by atoms with van der Waals surface area (Å²) < 4.78 is 0. The van der Waals surface area contributed by atoms with Gasteiger partial charge in [-0.25, -0.2) is 0 Å². The van der Waals surface area contributed by atoms with Gasteiger partial charge in [-0.05, 0) is 44.9 Å². The number of carbonyl (C=O) groups is 1. The Morgan fingerprint density at radius 2 is 1.70 bits per heavy atom. The summed E-state index contributed by atoms with van der Waals surface area (Å²) in [5.41, 5.74) is 3.23. The molecule has 0 aromatic heterocycles. The first-order valence-corrected chi connectivity index (χ1v) is 7.03. The molecule has 0 spiro atoms. The molecule has 2 N–H and O–H groups in total. The van der Waals surface area contributed by atoms with Gasteiger partial charge in [-0.15, -0.1) is 0 Å². The second-order valence-electron chi connectivity index (χ2n) is 5.49. The highest BCUT2D eigenvalue weighted by molar-refractivity contribution is 5.87. The summed E-state index contributed by atoms with van der Waals surface area (Å²) in [6, 6.07) is 0. The van der Waals surface area contributed by atoms with Crippen LogP contribution >= 0.6 is 0 Å². The maximum atomic E-state index is 11.5. The fourth-order valence-corrected chi connectivity index (χ4v) is 1.45. The third-order valence-electron chi connectivity index (χ3n) is 2.23. The lowest BCUT2D eigenvalue weighted by molar-refractivity contribution is -0.116. The Bertz CT molecular complexity index is 411. The molecule has 0 atom stereocenters. The summed E-state index contributed by atoms with van der Waals surface area (Å²) in [4.78, 5) is 11.5. The van der Waals surface area contributed by atoms with E-state index in [1.54, 1.807) is 6.08 Å². The zero-order valence-corrected chi connectivity index (χ0v) is 13.4. The molecule has 0 unspecified atom stereocenters. The van der Waals surface area contributed by atoms with Crippen LogP contribution in [0.3, 0.4) is 0 Å². The predicted octanol–water partition coefficient (Wildman–Crippen LogP) is 3.33. The van der Waals surface area contributed by atoms with Crippen LogP contribution in [0.15, 0.2) is 47.7 Å². The number of rotatable bonds is 8. The lowest BCUT2D eigenvalue weighted by atomic mass is 10.2. The van der Waals surface area contributed by atoms with Crippen molar-refractivity contribution in [1.82, 2.24) is 10.6 Å². The molecular formula is C17H28N2O. The summed E-state index contributed by atoms with van der Waals surface area (Å²) in [6.45, 7) is 15.3. The predicted molar refractivity (Wildman–Crippen MR) is 87.3 cm³/mol. The van der Waals surface area contributed by atoms with Gasteiger partial charge in [0.15, 0.2) is 0 Å². The molecule has 0 saturated heterocycles. The zero-order chi connectivity index (χ0) is 15.5. The molecule has 0 aromatic carbocycles. The van der Waals surface area contributed by atoms with Crippen molar-refractivity contribution in [3.05, 3.63) is 47.7 Å². The Labute approximate surface area is 123 Å². The summed E-state index contributed by atoms with van der Waals surface area (Å²) >= 11 is 0. The molecular weight excluding hydrogens is 248 g/mol. The van der Waals surface area contributed by atoms with Crippen molar-refractivity contribution < 1.29 is 4.79 Å². The zero-order valence-electron chi connectivity index (χ0n) is 13.4. The van der Waals surface area contributed by atoms with Crippen molar-refractivity contribution in [1.29, 1.82) is 0 Å². The Kier molecular flexibility index (Phi) is 9.18. The van der Waals surface area contributed by atoms with Crippen molar-refractivity contribution in [2.24, 2.45) is 5.92 Å². The normalized spacial score (nSPS) is 11.6. The largest absolute Gasteiger partial charge is 0.383 e. The van der Waals surface area contributed by atoms with E-state index in [2.05, 4.69) is 23.3 Å². The number of amides is 1. The van der Waals surface area contributed by atoms with Crippen LogP contribution in [0.25, 0.3) is 0 Å². The van der Waals surface area contributed by atoms with E-state index < -0.39 is 0 Å².